The van der Waals surface area contributed by atoms with Crippen LogP contribution >= 0.6 is 0 Å². The molecule has 4 heteroatoms. The minimum atomic E-state index is 0.0277. The molecule has 4 aliphatic carbocycles. The van der Waals surface area contributed by atoms with E-state index in [9.17, 15) is 4.79 Å². The zero-order valence-corrected chi connectivity index (χ0v) is 13.1. The number of ether oxygens (including phenoxy) is 1. The molecule has 1 saturated heterocycles. The largest absolute Gasteiger partial charge is 0.376 e. The van der Waals surface area contributed by atoms with E-state index in [0.29, 0.717) is 0 Å². The highest BCUT2D eigenvalue weighted by atomic mass is 16.5. The number of hydrogen-bond acceptors (Lipinski definition) is 2. The van der Waals surface area contributed by atoms with Gasteiger partial charge in [-0.2, -0.15) is 0 Å². The van der Waals surface area contributed by atoms with Crippen LogP contribution in [-0.4, -0.2) is 30.3 Å². The Morgan fingerprint density at radius 3 is 2.29 bits per heavy atom. The molecule has 0 unspecified atom stereocenters. The first kappa shape index (κ1) is 13.9. The van der Waals surface area contributed by atoms with Crippen LogP contribution in [0.4, 0.5) is 4.79 Å². The SMILES string of the molecule is C[C@H](NC(=O)NC12CC3CC(CC(C3)C1)C2)[C@H]1CCCO1. The Labute approximate surface area is 127 Å². The molecule has 21 heavy (non-hydrogen) atoms. The maximum absolute atomic E-state index is 12.4. The van der Waals surface area contributed by atoms with Crippen LogP contribution in [0.3, 0.4) is 0 Å². The highest BCUT2D eigenvalue weighted by Crippen LogP contribution is 2.55. The van der Waals surface area contributed by atoms with E-state index < -0.39 is 0 Å². The van der Waals surface area contributed by atoms with Gasteiger partial charge in [-0.25, -0.2) is 4.79 Å². The molecule has 2 amide bonds. The van der Waals surface area contributed by atoms with Crippen LogP contribution in [0.2, 0.25) is 0 Å². The molecule has 0 aromatic carbocycles. The molecule has 0 spiro atoms. The van der Waals surface area contributed by atoms with E-state index in [1.54, 1.807) is 0 Å². The summed E-state index contributed by atoms with van der Waals surface area (Å²) < 4.78 is 5.67. The van der Waals surface area contributed by atoms with Gasteiger partial charge in [0.2, 0.25) is 0 Å². The summed E-state index contributed by atoms with van der Waals surface area (Å²) in [6.45, 7) is 2.91. The van der Waals surface area contributed by atoms with Crippen LogP contribution in [0.5, 0.6) is 0 Å². The average Bonchev–Trinajstić information content (AvgIpc) is 2.89. The van der Waals surface area contributed by atoms with Gasteiger partial charge in [-0.05, 0) is 76.0 Å². The van der Waals surface area contributed by atoms with E-state index >= 15 is 0 Å². The fourth-order valence-electron chi connectivity index (χ4n) is 5.84. The zero-order valence-electron chi connectivity index (χ0n) is 13.1. The molecule has 0 aromatic rings. The maximum Gasteiger partial charge on any atom is 0.315 e. The average molecular weight is 292 g/mol. The van der Waals surface area contributed by atoms with Crippen molar-refractivity contribution in [2.75, 3.05) is 6.61 Å². The molecule has 4 bridgehead atoms. The normalized spacial score (nSPS) is 45.6. The van der Waals surface area contributed by atoms with Crippen molar-refractivity contribution in [1.29, 1.82) is 0 Å². The molecule has 2 atom stereocenters. The first-order chi connectivity index (χ1) is 10.1. The molecule has 118 valence electrons. The van der Waals surface area contributed by atoms with E-state index in [1.165, 1.54) is 38.5 Å². The van der Waals surface area contributed by atoms with Crippen molar-refractivity contribution < 1.29 is 9.53 Å². The molecule has 0 aromatic heterocycles. The fraction of sp³-hybridized carbons (Fsp3) is 0.941. The van der Waals surface area contributed by atoms with Gasteiger partial charge in [0.05, 0.1) is 12.1 Å². The standard InChI is InChI=1S/C17H28N2O2/c1-11(15-3-2-4-21-15)18-16(20)19-17-8-12-5-13(9-17)7-14(6-12)10-17/h11-15H,2-10H2,1H3,(H2,18,19,20)/t11-,12?,13?,14?,15+,17?/m0/s1. The maximum atomic E-state index is 12.4. The molecule has 1 heterocycles. The van der Waals surface area contributed by atoms with Crippen molar-refractivity contribution >= 4 is 6.03 Å². The Hall–Kier alpha value is -0.770. The Bertz CT molecular complexity index is 382. The number of rotatable bonds is 3. The summed E-state index contributed by atoms with van der Waals surface area (Å²) in [4.78, 5) is 12.4. The van der Waals surface area contributed by atoms with Crippen molar-refractivity contribution in [1.82, 2.24) is 10.6 Å². The third-order valence-electron chi connectivity index (χ3n) is 6.30. The van der Waals surface area contributed by atoms with Crippen LogP contribution < -0.4 is 10.6 Å². The Morgan fingerprint density at radius 1 is 1.14 bits per heavy atom. The highest BCUT2D eigenvalue weighted by Gasteiger charge is 2.51. The second-order valence-corrected chi connectivity index (χ2v) is 8.14. The molecule has 5 aliphatic rings. The predicted octanol–water partition coefficient (Wildman–Crippen LogP) is 2.82. The summed E-state index contributed by atoms with van der Waals surface area (Å²) in [6.07, 6.45) is 10.2. The van der Waals surface area contributed by atoms with Crippen LogP contribution in [0.1, 0.15) is 58.3 Å². The van der Waals surface area contributed by atoms with Crippen LogP contribution in [0.15, 0.2) is 0 Å². The fourth-order valence-corrected chi connectivity index (χ4v) is 5.84. The molecule has 5 rings (SSSR count). The minimum absolute atomic E-state index is 0.0277. The summed E-state index contributed by atoms with van der Waals surface area (Å²) in [7, 11) is 0. The number of nitrogens with one attached hydrogen (secondary N) is 2. The summed E-state index contributed by atoms with van der Waals surface area (Å²) in [5.41, 5.74) is 0.106. The predicted molar refractivity (Wildman–Crippen MR) is 81.0 cm³/mol. The van der Waals surface area contributed by atoms with Gasteiger partial charge in [0, 0.05) is 12.1 Å². The van der Waals surface area contributed by atoms with Crippen molar-refractivity contribution in [2.24, 2.45) is 17.8 Å². The molecule has 4 nitrogen and oxygen atoms in total. The van der Waals surface area contributed by atoms with E-state index in [4.69, 9.17) is 4.74 Å². The van der Waals surface area contributed by atoms with Gasteiger partial charge in [-0.1, -0.05) is 0 Å². The quantitative estimate of drug-likeness (QED) is 0.840. The highest BCUT2D eigenvalue weighted by molar-refractivity contribution is 5.75. The van der Waals surface area contributed by atoms with E-state index in [2.05, 4.69) is 17.6 Å². The van der Waals surface area contributed by atoms with Crippen LogP contribution in [0, 0.1) is 17.8 Å². The number of carbonyl (C=O) groups excluding carboxylic acids is 1. The number of amides is 2. The summed E-state index contributed by atoms with van der Waals surface area (Å²) in [5, 5.41) is 6.50. The number of carbonyl (C=O) groups is 1. The zero-order chi connectivity index (χ0) is 14.4. The van der Waals surface area contributed by atoms with Crippen molar-refractivity contribution in [3.63, 3.8) is 0 Å². The minimum Gasteiger partial charge on any atom is -0.376 e. The third kappa shape index (κ3) is 2.67. The lowest BCUT2D eigenvalue weighted by molar-refractivity contribution is -0.0140. The lowest BCUT2D eigenvalue weighted by Gasteiger charge is -2.56. The van der Waals surface area contributed by atoms with E-state index in [-0.39, 0.29) is 23.7 Å². The lowest BCUT2D eigenvalue weighted by atomic mass is 9.53. The van der Waals surface area contributed by atoms with Gasteiger partial charge in [-0.3, -0.25) is 0 Å². The Morgan fingerprint density at radius 2 is 1.76 bits per heavy atom. The number of urea groups is 1. The molecular weight excluding hydrogens is 264 g/mol. The third-order valence-corrected chi connectivity index (χ3v) is 6.30. The van der Waals surface area contributed by atoms with Crippen LogP contribution in [0.25, 0.3) is 0 Å². The summed E-state index contributed by atoms with van der Waals surface area (Å²) >= 11 is 0. The van der Waals surface area contributed by atoms with Crippen molar-refractivity contribution in [3.05, 3.63) is 0 Å². The summed E-state index contributed by atoms with van der Waals surface area (Å²) in [6, 6.07) is 0.140. The lowest BCUT2D eigenvalue weighted by Crippen LogP contribution is -2.62. The van der Waals surface area contributed by atoms with Crippen molar-refractivity contribution in [3.8, 4) is 0 Å². The Balaban J connectivity index is 1.36. The monoisotopic (exact) mass is 292 g/mol. The number of hydrogen-bond donors (Lipinski definition) is 2. The second kappa shape index (κ2) is 5.15. The first-order valence-electron chi connectivity index (χ1n) is 8.82. The van der Waals surface area contributed by atoms with Crippen molar-refractivity contribution in [2.45, 2.75) is 76.0 Å². The van der Waals surface area contributed by atoms with Gasteiger partial charge in [0.15, 0.2) is 0 Å². The molecule has 4 saturated carbocycles. The second-order valence-electron chi connectivity index (χ2n) is 8.14. The molecular formula is C17H28N2O2. The smallest absolute Gasteiger partial charge is 0.315 e. The first-order valence-corrected chi connectivity index (χ1v) is 8.82. The van der Waals surface area contributed by atoms with E-state index in [1.807, 2.05) is 0 Å². The van der Waals surface area contributed by atoms with Gasteiger partial charge >= 0.3 is 6.03 Å². The van der Waals surface area contributed by atoms with E-state index in [0.717, 1.165) is 37.2 Å². The molecule has 0 radical (unpaired) electrons. The molecule has 1 aliphatic heterocycles. The summed E-state index contributed by atoms with van der Waals surface area (Å²) in [5.74, 6) is 2.60. The van der Waals surface area contributed by atoms with Gasteiger partial charge in [0.1, 0.15) is 0 Å². The Kier molecular flexibility index (Phi) is 3.40. The van der Waals surface area contributed by atoms with Crippen LogP contribution in [-0.2, 0) is 4.74 Å². The topological polar surface area (TPSA) is 50.4 Å². The van der Waals surface area contributed by atoms with Gasteiger partial charge < -0.3 is 15.4 Å². The van der Waals surface area contributed by atoms with Gasteiger partial charge in [-0.15, -0.1) is 0 Å². The molecule has 5 fully saturated rings. The van der Waals surface area contributed by atoms with Gasteiger partial charge in [0.25, 0.3) is 0 Å². The molecule has 2 N–H and O–H groups in total.